The number of halogens is 3. The molecule has 0 unspecified atom stereocenters. The van der Waals surface area contributed by atoms with Crippen LogP contribution in [0.4, 0.5) is 18.9 Å². The molecule has 0 fully saturated rings. The van der Waals surface area contributed by atoms with Crippen molar-refractivity contribution in [3.8, 4) is 11.5 Å². The molecule has 5 rings (SSSR count). The van der Waals surface area contributed by atoms with Crippen LogP contribution in [0.5, 0.6) is 11.5 Å². The van der Waals surface area contributed by atoms with Crippen LogP contribution in [0, 0.1) is 0 Å². The molecular weight excluding hydrogens is 507 g/mol. The van der Waals surface area contributed by atoms with Gasteiger partial charge in [0.15, 0.2) is 0 Å². The average Bonchev–Trinajstić information content (AvgIpc) is 3.43. The summed E-state index contributed by atoms with van der Waals surface area (Å²) < 4.78 is 53.0. The normalized spacial score (nSPS) is 13.1. The van der Waals surface area contributed by atoms with Gasteiger partial charge in [-0.15, -0.1) is 24.5 Å². The maximum absolute atomic E-state index is 13.0. The lowest BCUT2D eigenvalue weighted by Crippen LogP contribution is -2.23. The van der Waals surface area contributed by atoms with E-state index >= 15 is 0 Å². The first kappa shape index (κ1) is 24.6. The molecule has 0 spiro atoms. The van der Waals surface area contributed by atoms with Crippen LogP contribution in [0.2, 0.25) is 0 Å². The van der Waals surface area contributed by atoms with E-state index in [-0.39, 0.29) is 37.2 Å². The fourth-order valence-electron chi connectivity index (χ4n) is 4.25. The van der Waals surface area contributed by atoms with E-state index < -0.39 is 6.36 Å². The molecule has 0 N–H and O–H groups in total. The number of fused-ring (bicyclic) bond motifs is 2. The van der Waals surface area contributed by atoms with E-state index in [0.29, 0.717) is 17.0 Å². The summed E-state index contributed by atoms with van der Waals surface area (Å²) in [6.45, 7) is 0.503. The van der Waals surface area contributed by atoms with Crippen molar-refractivity contribution in [2.24, 2.45) is 0 Å². The Kier molecular flexibility index (Phi) is 6.51. The third-order valence-corrected chi connectivity index (χ3v) is 7.02. The van der Waals surface area contributed by atoms with Crippen molar-refractivity contribution in [2.45, 2.75) is 25.9 Å². The molecule has 0 saturated heterocycles. The van der Waals surface area contributed by atoms with Crippen LogP contribution in [-0.4, -0.2) is 25.3 Å². The number of carbonyl (C=O) groups is 2. The van der Waals surface area contributed by atoms with Gasteiger partial charge in [0.25, 0.3) is 5.91 Å². The molecular formula is C27H20F3NO5S. The van der Waals surface area contributed by atoms with E-state index in [0.717, 1.165) is 26.8 Å². The lowest BCUT2D eigenvalue weighted by atomic mass is 10.0. The van der Waals surface area contributed by atoms with Crippen LogP contribution in [0.15, 0.2) is 66.0 Å². The minimum absolute atomic E-state index is 0.204. The van der Waals surface area contributed by atoms with Gasteiger partial charge in [-0.2, -0.15) is 0 Å². The number of rotatable bonds is 7. The number of esters is 1. The lowest BCUT2D eigenvalue weighted by Gasteiger charge is -2.17. The number of alkyl halides is 3. The van der Waals surface area contributed by atoms with Gasteiger partial charge in [0.1, 0.15) is 18.1 Å². The van der Waals surface area contributed by atoms with E-state index in [9.17, 15) is 22.8 Å². The molecule has 0 saturated carbocycles. The van der Waals surface area contributed by atoms with Gasteiger partial charge in [0.05, 0.1) is 20.1 Å². The molecule has 190 valence electrons. The predicted molar refractivity (Wildman–Crippen MR) is 132 cm³/mol. The summed E-state index contributed by atoms with van der Waals surface area (Å²) in [7, 11) is 1.36. The third-order valence-electron chi connectivity index (χ3n) is 6.03. The molecule has 10 heteroatoms. The smallest absolute Gasteiger partial charge is 0.489 e. The molecule has 0 atom stereocenters. The molecule has 1 amide bonds. The highest BCUT2D eigenvalue weighted by molar-refractivity contribution is 7.17. The van der Waals surface area contributed by atoms with Crippen LogP contribution >= 0.6 is 11.3 Å². The second kappa shape index (κ2) is 9.78. The summed E-state index contributed by atoms with van der Waals surface area (Å²) in [5, 5.41) is 2.90. The summed E-state index contributed by atoms with van der Waals surface area (Å²) in [5.74, 6) is -0.237. The van der Waals surface area contributed by atoms with Crippen molar-refractivity contribution in [3.63, 3.8) is 0 Å². The molecule has 3 aromatic carbocycles. The zero-order chi connectivity index (χ0) is 26.2. The quantitative estimate of drug-likeness (QED) is 0.266. The minimum atomic E-state index is -4.78. The summed E-state index contributed by atoms with van der Waals surface area (Å²) in [6.07, 6.45) is -4.58. The lowest BCUT2D eigenvalue weighted by molar-refractivity contribution is -0.274. The zero-order valence-electron chi connectivity index (χ0n) is 19.5. The van der Waals surface area contributed by atoms with E-state index in [4.69, 9.17) is 9.47 Å². The van der Waals surface area contributed by atoms with Gasteiger partial charge in [-0.25, -0.2) is 0 Å². The molecule has 0 bridgehead atoms. The Labute approximate surface area is 213 Å². The van der Waals surface area contributed by atoms with E-state index in [2.05, 4.69) is 4.74 Å². The molecule has 1 aromatic heterocycles. The number of benzene rings is 3. The number of nitrogens with zero attached hydrogens (tertiary/aromatic N) is 1. The molecule has 37 heavy (non-hydrogen) atoms. The standard InChI is InChI=1S/C27H20F3NO5S/c1-34-25(32)11-17-15-37-24-12-20(9-10-21(17)24)35-14-16-3-2-4-22-23(16)13-31(26(22)33)18-5-7-19(8-6-18)36-27(28,29)30/h2-10,12,15H,11,13-14H2,1H3. The first-order chi connectivity index (χ1) is 17.7. The highest BCUT2D eigenvalue weighted by Gasteiger charge is 2.32. The van der Waals surface area contributed by atoms with Crippen molar-refractivity contribution in [2.75, 3.05) is 12.0 Å². The molecule has 6 nitrogen and oxygen atoms in total. The number of amides is 1. The maximum Gasteiger partial charge on any atom is 0.573 e. The van der Waals surface area contributed by atoms with Gasteiger partial charge in [-0.3, -0.25) is 9.59 Å². The monoisotopic (exact) mass is 527 g/mol. The van der Waals surface area contributed by atoms with E-state index in [1.807, 2.05) is 29.6 Å². The Morgan fingerprint density at radius 2 is 1.78 bits per heavy atom. The van der Waals surface area contributed by atoms with Gasteiger partial charge in [0, 0.05) is 16.0 Å². The Hall–Kier alpha value is -4.05. The summed E-state index contributed by atoms with van der Waals surface area (Å²) >= 11 is 1.51. The highest BCUT2D eigenvalue weighted by Crippen LogP contribution is 2.34. The van der Waals surface area contributed by atoms with E-state index in [1.165, 1.54) is 47.6 Å². The molecule has 1 aliphatic rings. The van der Waals surface area contributed by atoms with Crippen LogP contribution in [0.3, 0.4) is 0 Å². The van der Waals surface area contributed by atoms with Crippen molar-refractivity contribution < 1.29 is 37.0 Å². The van der Waals surface area contributed by atoms with Crippen molar-refractivity contribution in [1.29, 1.82) is 0 Å². The fraction of sp³-hybridized carbons (Fsp3) is 0.185. The number of hydrogen-bond acceptors (Lipinski definition) is 6. The average molecular weight is 528 g/mol. The van der Waals surface area contributed by atoms with Gasteiger partial charge in [-0.05, 0) is 76.0 Å². The molecule has 2 heterocycles. The molecule has 0 radical (unpaired) electrons. The number of anilines is 1. The molecule has 1 aliphatic heterocycles. The van der Waals surface area contributed by atoms with Gasteiger partial charge >= 0.3 is 12.3 Å². The second-order valence-corrected chi connectivity index (χ2v) is 9.25. The maximum atomic E-state index is 13.0. The number of carbonyl (C=O) groups excluding carboxylic acids is 2. The first-order valence-electron chi connectivity index (χ1n) is 11.2. The number of methoxy groups -OCH3 is 1. The number of hydrogen-bond donors (Lipinski definition) is 0. The Morgan fingerprint density at radius 3 is 2.51 bits per heavy atom. The minimum Gasteiger partial charge on any atom is -0.489 e. The Bertz CT molecular complexity index is 1480. The summed E-state index contributed by atoms with van der Waals surface area (Å²) in [5.41, 5.74) is 3.53. The van der Waals surface area contributed by atoms with Crippen LogP contribution < -0.4 is 14.4 Å². The molecule has 0 aliphatic carbocycles. The first-order valence-corrected chi connectivity index (χ1v) is 12.1. The second-order valence-electron chi connectivity index (χ2n) is 8.34. The Morgan fingerprint density at radius 1 is 1.03 bits per heavy atom. The topological polar surface area (TPSA) is 65.1 Å². The van der Waals surface area contributed by atoms with Gasteiger partial charge in [0.2, 0.25) is 0 Å². The van der Waals surface area contributed by atoms with Crippen molar-refractivity contribution in [1.82, 2.24) is 0 Å². The fourth-order valence-corrected chi connectivity index (χ4v) is 5.24. The van der Waals surface area contributed by atoms with Crippen LogP contribution in [0.1, 0.15) is 27.0 Å². The highest BCUT2D eigenvalue weighted by atomic mass is 32.1. The van der Waals surface area contributed by atoms with Gasteiger partial charge in [-0.1, -0.05) is 12.1 Å². The SMILES string of the molecule is COC(=O)Cc1csc2cc(OCc3cccc4c3CN(c3ccc(OC(F)(F)F)cc3)C4=O)ccc12. The number of ether oxygens (including phenoxy) is 3. The number of thiophene rings is 1. The molecule has 4 aromatic rings. The van der Waals surface area contributed by atoms with Crippen LogP contribution in [0.25, 0.3) is 10.1 Å². The largest absolute Gasteiger partial charge is 0.573 e. The third kappa shape index (κ3) is 5.24. The van der Waals surface area contributed by atoms with E-state index in [1.54, 1.807) is 12.1 Å². The van der Waals surface area contributed by atoms with Crippen LogP contribution in [-0.2, 0) is 29.1 Å². The van der Waals surface area contributed by atoms with Gasteiger partial charge < -0.3 is 19.1 Å². The summed E-state index contributed by atoms with van der Waals surface area (Å²) in [4.78, 5) is 26.2. The van der Waals surface area contributed by atoms with Crippen molar-refractivity contribution in [3.05, 3.63) is 88.3 Å². The summed E-state index contributed by atoms with van der Waals surface area (Å²) in [6, 6.07) is 16.2. The predicted octanol–water partition coefficient (Wildman–Crippen LogP) is 6.25. The zero-order valence-corrected chi connectivity index (χ0v) is 20.3. The Balaban J connectivity index is 1.30. The van der Waals surface area contributed by atoms with Crippen molar-refractivity contribution >= 4 is 39.0 Å².